The molecule has 0 radical (unpaired) electrons. The number of rotatable bonds is 6. The van der Waals surface area contributed by atoms with Crippen LogP contribution < -0.4 is 10.3 Å². The van der Waals surface area contributed by atoms with Gasteiger partial charge in [-0.05, 0) is 56.8 Å². The maximum atomic E-state index is 12.9. The maximum Gasteiger partial charge on any atom is 0.261 e. The monoisotopic (exact) mass is 439 g/mol. The molecule has 2 fully saturated rings. The number of fused-ring (bicyclic) bond motifs is 1. The van der Waals surface area contributed by atoms with E-state index < -0.39 is 0 Å². The van der Waals surface area contributed by atoms with Gasteiger partial charge in [0.1, 0.15) is 5.75 Å². The molecular formula is C23H29N5O4. The molecule has 2 aromatic heterocycles. The first-order chi connectivity index (χ1) is 15.7. The Balaban J connectivity index is 1.16. The lowest BCUT2D eigenvalue weighted by Gasteiger charge is -2.31. The van der Waals surface area contributed by atoms with E-state index in [4.69, 9.17) is 14.0 Å². The normalized spacial score (nSPS) is 18.9. The second-order valence-electron chi connectivity index (χ2n) is 8.74. The van der Waals surface area contributed by atoms with Crippen molar-refractivity contribution in [3.05, 3.63) is 46.6 Å². The Bertz CT molecular complexity index is 1110. The summed E-state index contributed by atoms with van der Waals surface area (Å²) in [4.78, 5) is 24.3. The zero-order chi connectivity index (χ0) is 21.9. The van der Waals surface area contributed by atoms with Crippen LogP contribution in [0.1, 0.15) is 43.3 Å². The predicted molar refractivity (Wildman–Crippen MR) is 118 cm³/mol. The lowest BCUT2D eigenvalue weighted by Crippen LogP contribution is -2.36. The lowest BCUT2D eigenvalue weighted by atomic mass is 9.96. The highest BCUT2D eigenvalue weighted by Crippen LogP contribution is 2.26. The number of hydrogen-bond acceptors (Lipinski definition) is 8. The summed E-state index contributed by atoms with van der Waals surface area (Å²) >= 11 is 0. The second kappa shape index (κ2) is 9.38. The molecule has 0 atom stereocenters. The Labute approximate surface area is 186 Å². The molecule has 0 spiro atoms. The summed E-state index contributed by atoms with van der Waals surface area (Å²) in [7, 11) is 1.61. The van der Waals surface area contributed by atoms with Gasteiger partial charge in [0.25, 0.3) is 5.56 Å². The van der Waals surface area contributed by atoms with Crippen molar-refractivity contribution in [2.45, 2.75) is 44.7 Å². The van der Waals surface area contributed by atoms with Crippen LogP contribution in [0.3, 0.4) is 0 Å². The summed E-state index contributed by atoms with van der Waals surface area (Å²) in [5.41, 5.74) is 0.674. The third-order valence-corrected chi connectivity index (χ3v) is 6.61. The van der Waals surface area contributed by atoms with Gasteiger partial charge in [-0.3, -0.25) is 14.3 Å². The number of benzene rings is 1. The highest BCUT2D eigenvalue weighted by Gasteiger charge is 2.24. The van der Waals surface area contributed by atoms with Crippen LogP contribution in [0.5, 0.6) is 5.75 Å². The number of piperidine rings is 1. The summed E-state index contributed by atoms with van der Waals surface area (Å²) in [6.45, 7) is 4.84. The average molecular weight is 440 g/mol. The van der Waals surface area contributed by atoms with Crippen LogP contribution in [0.15, 0.2) is 33.8 Å². The van der Waals surface area contributed by atoms with E-state index in [0.717, 1.165) is 63.7 Å². The van der Waals surface area contributed by atoms with Gasteiger partial charge in [-0.25, -0.2) is 4.98 Å². The minimum Gasteiger partial charge on any atom is -0.497 e. The fourth-order valence-corrected chi connectivity index (χ4v) is 4.64. The molecule has 1 aromatic carbocycles. The Morgan fingerprint density at radius 1 is 1.16 bits per heavy atom. The number of ether oxygens (including phenoxy) is 2. The van der Waals surface area contributed by atoms with Gasteiger partial charge in [0.2, 0.25) is 5.89 Å². The third kappa shape index (κ3) is 4.54. The Morgan fingerprint density at radius 3 is 2.75 bits per heavy atom. The van der Waals surface area contributed by atoms with Gasteiger partial charge in [-0.1, -0.05) is 5.16 Å². The van der Waals surface area contributed by atoms with E-state index in [1.54, 1.807) is 36.2 Å². The van der Waals surface area contributed by atoms with Crippen molar-refractivity contribution < 1.29 is 14.0 Å². The minimum absolute atomic E-state index is 0.00696. The average Bonchev–Trinajstić information content (AvgIpc) is 3.31. The first kappa shape index (κ1) is 21.1. The molecule has 2 saturated heterocycles. The van der Waals surface area contributed by atoms with Crippen molar-refractivity contribution in [3.8, 4) is 5.75 Å². The summed E-state index contributed by atoms with van der Waals surface area (Å²) in [6, 6.07) is 5.40. The van der Waals surface area contributed by atoms with Crippen molar-refractivity contribution in [1.82, 2.24) is 24.6 Å². The van der Waals surface area contributed by atoms with Gasteiger partial charge < -0.3 is 14.0 Å². The van der Waals surface area contributed by atoms with Crippen molar-refractivity contribution in [2.24, 2.45) is 5.92 Å². The molecule has 9 heteroatoms. The summed E-state index contributed by atoms with van der Waals surface area (Å²) < 4.78 is 17.9. The number of likely N-dealkylation sites (tertiary alicyclic amines) is 1. The van der Waals surface area contributed by atoms with Crippen LogP contribution in [0.4, 0.5) is 0 Å². The van der Waals surface area contributed by atoms with Crippen LogP contribution in [0.25, 0.3) is 10.9 Å². The quantitative estimate of drug-likeness (QED) is 0.578. The maximum absolute atomic E-state index is 12.9. The minimum atomic E-state index is 0.00696. The van der Waals surface area contributed by atoms with Crippen LogP contribution in [-0.4, -0.2) is 58.0 Å². The van der Waals surface area contributed by atoms with Gasteiger partial charge in [-0.2, -0.15) is 4.98 Å². The molecule has 2 aliphatic rings. The summed E-state index contributed by atoms with van der Waals surface area (Å²) in [6.07, 6.45) is 5.61. The molecule has 9 nitrogen and oxygen atoms in total. The smallest absolute Gasteiger partial charge is 0.261 e. The first-order valence-electron chi connectivity index (χ1n) is 11.4. The first-order valence-corrected chi connectivity index (χ1v) is 11.4. The van der Waals surface area contributed by atoms with Crippen LogP contribution >= 0.6 is 0 Å². The highest BCUT2D eigenvalue weighted by atomic mass is 16.5. The predicted octanol–water partition coefficient (Wildman–Crippen LogP) is 2.59. The van der Waals surface area contributed by atoms with Crippen molar-refractivity contribution in [1.29, 1.82) is 0 Å². The molecule has 0 aliphatic carbocycles. The third-order valence-electron chi connectivity index (χ3n) is 6.61. The van der Waals surface area contributed by atoms with Gasteiger partial charge in [0.05, 0.1) is 30.9 Å². The van der Waals surface area contributed by atoms with Gasteiger partial charge in [-0.15, -0.1) is 0 Å². The van der Waals surface area contributed by atoms with E-state index in [1.807, 2.05) is 0 Å². The van der Waals surface area contributed by atoms with Crippen LogP contribution in [0, 0.1) is 5.92 Å². The van der Waals surface area contributed by atoms with Gasteiger partial charge in [0, 0.05) is 31.7 Å². The summed E-state index contributed by atoms with van der Waals surface area (Å²) in [5, 5.41) is 4.82. The summed E-state index contributed by atoms with van der Waals surface area (Å²) in [5.74, 6) is 2.99. The van der Waals surface area contributed by atoms with E-state index in [2.05, 4.69) is 20.0 Å². The van der Waals surface area contributed by atoms with E-state index in [9.17, 15) is 4.79 Å². The van der Waals surface area contributed by atoms with Crippen molar-refractivity contribution >= 4 is 10.9 Å². The lowest BCUT2D eigenvalue weighted by molar-refractivity contribution is 0.0778. The second-order valence-corrected chi connectivity index (χ2v) is 8.74. The number of nitrogens with zero attached hydrogens (tertiary/aromatic N) is 5. The molecule has 0 saturated carbocycles. The molecule has 3 aromatic rings. The largest absolute Gasteiger partial charge is 0.497 e. The number of aromatic nitrogens is 4. The zero-order valence-electron chi connectivity index (χ0n) is 18.4. The molecular weight excluding hydrogens is 410 g/mol. The number of methoxy groups -OCH3 is 1. The van der Waals surface area contributed by atoms with Crippen LogP contribution in [-0.2, 0) is 17.8 Å². The van der Waals surface area contributed by atoms with Crippen LogP contribution in [0.2, 0.25) is 0 Å². The molecule has 5 rings (SSSR count). The molecule has 0 amide bonds. The fourth-order valence-electron chi connectivity index (χ4n) is 4.64. The molecule has 32 heavy (non-hydrogen) atoms. The zero-order valence-corrected chi connectivity index (χ0v) is 18.4. The topological polar surface area (TPSA) is 95.5 Å². The molecule has 4 heterocycles. The Morgan fingerprint density at radius 2 is 1.97 bits per heavy atom. The van der Waals surface area contributed by atoms with Gasteiger partial charge >= 0.3 is 0 Å². The SMILES string of the molecule is COc1ccc2c(=O)n(CC3CCN(Cc4noc(C5CCOCC5)n4)CC3)cnc2c1. The van der Waals surface area contributed by atoms with E-state index >= 15 is 0 Å². The highest BCUT2D eigenvalue weighted by molar-refractivity contribution is 5.78. The Hall–Kier alpha value is -2.78. The molecule has 170 valence electrons. The van der Waals surface area contributed by atoms with Crippen molar-refractivity contribution in [2.75, 3.05) is 33.4 Å². The number of hydrogen-bond donors (Lipinski definition) is 0. The molecule has 0 bridgehead atoms. The van der Waals surface area contributed by atoms with Crippen molar-refractivity contribution in [3.63, 3.8) is 0 Å². The molecule has 0 unspecified atom stereocenters. The molecule has 0 N–H and O–H groups in total. The van der Waals surface area contributed by atoms with Gasteiger partial charge in [0.15, 0.2) is 5.82 Å². The standard InChI is InChI=1S/C23H29N5O4/c1-30-18-2-3-19-20(12-18)24-15-28(23(19)29)13-16-4-8-27(9-5-16)14-21-25-22(32-26-21)17-6-10-31-11-7-17/h2-3,12,15-17H,4-11,13-14H2,1H3. The Kier molecular flexibility index (Phi) is 6.18. The van der Waals surface area contributed by atoms with E-state index in [-0.39, 0.29) is 5.56 Å². The fraction of sp³-hybridized carbons (Fsp3) is 0.565. The van der Waals surface area contributed by atoms with E-state index in [1.165, 1.54) is 0 Å². The van der Waals surface area contributed by atoms with E-state index in [0.29, 0.717) is 41.6 Å². The molecule has 2 aliphatic heterocycles.